The largest absolute Gasteiger partial charge is 0.438 e. The Labute approximate surface area is 126 Å². The number of aromatic amines is 1. The number of nitrogens with one attached hydrogen (secondary N) is 1. The lowest BCUT2D eigenvalue weighted by atomic mass is 10.1. The van der Waals surface area contributed by atoms with Crippen LogP contribution in [0.1, 0.15) is 0 Å². The standard InChI is InChI=1S/C16H8F2N2O3/c17-9-2-4-13(12(18)6-9)20-16(22)11-5-8-1-3-10(21)7-14(8)23-15(11)19-20/h1-7,19H. The second-order valence-electron chi connectivity index (χ2n) is 5.04. The third-order valence-corrected chi connectivity index (χ3v) is 3.54. The molecule has 2 aromatic rings. The van der Waals surface area contributed by atoms with Crippen molar-refractivity contribution >= 4 is 11.1 Å². The Bertz CT molecular complexity index is 1140. The highest BCUT2D eigenvalue weighted by Crippen LogP contribution is 2.25. The van der Waals surface area contributed by atoms with Gasteiger partial charge in [-0.05, 0) is 30.3 Å². The van der Waals surface area contributed by atoms with Crippen molar-refractivity contribution in [3.63, 3.8) is 0 Å². The summed E-state index contributed by atoms with van der Waals surface area (Å²) < 4.78 is 33.3. The van der Waals surface area contributed by atoms with Gasteiger partial charge in [0.05, 0.1) is 0 Å². The summed E-state index contributed by atoms with van der Waals surface area (Å²) in [5, 5.41) is 2.82. The smallest absolute Gasteiger partial charge is 0.282 e. The van der Waals surface area contributed by atoms with Crippen molar-refractivity contribution in [2.45, 2.75) is 0 Å². The van der Waals surface area contributed by atoms with Crippen LogP contribution in [0.4, 0.5) is 8.78 Å². The highest BCUT2D eigenvalue weighted by atomic mass is 19.1. The molecule has 0 saturated carbocycles. The first-order chi connectivity index (χ1) is 11.0. The van der Waals surface area contributed by atoms with Crippen LogP contribution in [0, 0.1) is 11.6 Å². The van der Waals surface area contributed by atoms with Crippen molar-refractivity contribution in [3.8, 4) is 17.0 Å². The molecular formula is C16H8F2N2O3. The lowest BCUT2D eigenvalue weighted by molar-refractivity contribution is 0.568. The molecule has 4 rings (SSSR count). The van der Waals surface area contributed by atoms with E-state index in [-0.39, 0.29) is 22.2 Å². The molecule has 1 N–H and O–H groups in total. The molecule has 0 amide bonds. The summed E-state index contributed by atoms with van der Waals surface area (Å²) in [6.45, 7) is 0. The molecule has 7 heteroatoms. The fraction of sp³-hybridized carbons (Fsp3) is 0. The first kappa shape index (κ1) is 13.4. The molecule has 1 aromatic carbocycles. The number of halogens is 2. The molecule has 0 radical (unpaired) electrons. The Hall–Kier alpha value is -3.22. The maximum Gasteiger partial charge on any atom is 0.282 e. The lowest BCUT2D eigenvalue weighted by Gasteiger charge is -2.02. The molecule has 5 nitrogen and oxygen atoms in total. The minimum Gasteiger partial charge on any atom is -0.438 e. The van der Waals surface area contributed by atoms with Crippen molar-refractivity contribution in [1.82, 2.24) is 9.78 Å². The van der Waals surface area contributed by atoms with E-state index in [1.54, 1.807) is 6.07 Å². The van der Waals surface area contributed by atoms with Crippen LogP contribution >= 0.6 is 0 Å². The highest BCUT2D eigenvalue weighted by molar-refractivity contribution is 5.80. The number of rotatable bonds is 1. The van der Waals surface area contributed by atoms with Crippen LogP contribution in [0.2, 0.25) is 0 Å². The Kier molecular flexibility index (Phi) is 2.71. The number of H-pyrrole nitrogens is 1. The van der Waals surface area contributed by atoms with E-state index in [2.05, 4.69) is 5.10 Å². The van der Waals surface area contributed by atoms with Gasteiger partial charge in [-0.1, -0.05) is 0 Å². The van der Waals surface area contributed by atoms with Crippen molar-refractivity contribution in [3.05, 3.63) is 74.7 Å². The maximum atomic E-state index is 13.9. The average molecular weight is 314 g/mol. The molecule has 0 fully saturated rings. The maximum absolute atomic E-state index is 13.9. The van der Waals surface area contributed by atoms with E-state index in [9.17, 15) is 18.4 Å². The molecular weight excluding hydrogens is 306 g/mol. The van der Waals surface area contributed by atoms with Gasteiger partial charge >= 0.3 is 0 Å². The molecule has 0 saturated heterocycles. The van der Waals surface area contributed by atoms with E-state index in [4.69, 9.17) is 4.42 Å². The zero-order valence-corrected chi connectivity index (χ0v) is 11.5. The Morgan fingerprint density at radius 1 is 1.00 bits per heavy atom. The number of nitrogens with zero attached hydrogens (tertiary/aromatic N) is 1. The van der Waals surface area contributed by atoms with Gasteiger partial charge in [0.2, 0.25) is 5.71 Å². The summed E-state index contributed by atoms with van der Waals surface area (Å²) in [5.41, 5.74) is -0.234. The summed E-state index contributed by atoms with van der Waals surface area (Å²) in [6.07, 6.45) is 0. The van der Waals surface area contributed by atoms with E-state index in [1.165, 1.54) is 18.2 Å². The first-order valence-electron chi connectivity index (χ1n) is 6.67. The monoisotopic (exact) mass is 314 g/mol. The predicted octanol–water partition coefficient (Wildman–Crippen LogP) is 2.66. The van der Waals surface area contributed by atoms with Gasteiger partial charge in [0.15, 0.2) is 11.2 Å². The molecule has 0 unspecified atom stereocenters. The minimum absolute atomic E-state index is 0.0943. The fourth-order valence-electron chi connectivity index (χ4n) is 2.46. The van der Waals surface area contributed by atoms with Crippen LogP contribution in [-0.2, 0) is 0 Å². The van der Waals surface area contributed by atoms with Crippen LogP contribution in [0.3, 0.4) is 0 Å². The van der Waals surface area contributed by atoms with Crippen LogP contribution in [0.25, 0.3) is 28.1 Å². The molecule has 1 aliphatic heterocycles. The van der Waals surface area contributed by atoms with Crippen LogP contribution < -0.4 is 11.0 Å². The van der Waals surface area contributed by atoms with Gasteiger partial charge in [-0.15, -0.1) is 0 Å². The summed E-state index contributed by atoms with van der Waals surface area (Å²) in [7, 11) is 0. The Morgan fingerprint density at radius 3 is 2.61 bits per heavy atom. The van der Waals surface area contributed by atoms with Gasteiger partial charge in [-0.3, -0.25) is 14.7 Å². The molecule has 2 aliphatic rings. The van der Waals surface area contributed by atoms with E-state index in [0.717, 1.165) is 16.8 Å². The zero-order valence-electron chi connectivity index (χ0n) is 11.5. The number of benzene rings is 2. The Morgan fingerprint density at radius 2 is 1.83 bits per heavy atom. The van der Waals surface area contributed by atoms with Crippen LogP contribution in [-0.4, -0.2) is 9.78 Å². The quantitative estimate of drug-likeness (QED) is 0.587. The summed E-state index contributed by atoms with van der Waals surface area (Å²) in [5.74, 6) is -1.32. The summed E-state index contributed by atoms with van der Waals surface area (Å²) >= 11 is 0. The second kappa shape index (κ2) is 4.64. The average Bonchev–Trinajstić information content (AvgIpc) is 2.81. The molecule has 1 aliphatic carbocycles. The molecule has 0 atom stereocenters. The molecule has 23 heavy (non-hydrogen) atoms. The van der Waals surface area contributed by atoms with E-state index in [1.807, 2.05) is 0 Å². The van der Waals surface area contributed by atoms with Gasteiger partial charge in [0.1, 0.15) is 22.7 Å². The van der Waals surface area contributed by atoms with Crippen molar-refractivity contribution in [1.29, 1.82) is 0 Å². The van der Waals surface area contributed by atoms with Crippen molar-refractivity contribution < 1.29 is 13.2 Å². The SMILES string of the molecule is O=c1ccc2cc3c(=O)n(-c4ccc(F)cc4F)[nH]c3oc-2c1. The van der Waals surface area contributed by atoms with Gasteiger partial charge < -0.3 is 4.42 Å². The van der Waals surface area contributed by atoms with Gasteiger partial charge in [-0.25, -0.2) is 13.5 Å². The lowest BCUT2D eigenvalue weighted by Crippen LogP contribution is -2.15. The van der Waals surface area contributed by atoms with Gasteiger partial charge in [0.25, 0.3) is 5.56 Å². The van der Waals surface area contributed by atoms with Crippen LogP contribution in [0.15, 0.2) is 56.5 Å². The molecule has 114 valence electrons. The van der Waals surface area contributed by atoms with Crippen LogP contribution in [0.5, 0.6) is 0 Å². The number of fused-ring (bicyclic) bond motifs is 2. The minimum atomic E-state index is -0.884. The number of hydrogen-bond donors (Lipinski definition) is 1. The molecule has 0 spiro atoms. The second-order valence-corrected chi connectivity index (χ2v) is 5.04. The molecule has 0 bridgehead atoms. The highest BCUT2D eigenvalue weighted by Gasteiger charge is 2.16. The number of hydrogen-bond acceptors (Lipinski definition) is 3. The summed E-state index contributed by atoms with van der Waals surface area (Å²) in [4.78, 5) is 23.8. The zero-order chi connectivity index (χ0) is 16.1. The van der Waals surface area contributed by atoms with Crippen molar-refractivity contribution in [2.24, 2.45) is 0 Å². The number of aromatic nitrogens is 2. The van der Waals surface area contributed by atoms with E-state index >= 15 is 0 Å². The predicted molar refractivity (Wildman–Crippen MR) is 79.0 cm³/mol. The van der Waals surface area contributed by atoms with E-state index < -0.39 is 17.2 Å². The molecule has 1 aromatic heterocycles. The summed E-state index contributed by atoms with van der Waals surface area (Å²) in [6, 6.07) is 8.62. The Balaban J connectivity index is 2.04. The third-order valence-electron chi connectivity index (χ3n) is 3.54. The normalized spacial score (nSPS) is 11.4. The van der Waals surface area contributed by atoms with Gasteiger partial charge in [0, 0.05) is 17.7 Å². The van der Waals surface area contributed by atoms with Gasteiger partial charge in [-0.2, -0.15) is 0 Å². The third kappa shape index (κ3) is 2.05. The molecule has 2 heterocycles. The van der Waals surface area contributed by atoms with E-state index in [0.29, 0.717) is 17.4 Å². The topological polar surface area (TPSA) is 68.0 Å². The van der Waals surface area contributed by atoms with Crippen molar-refractivity contribution in [2.75, 3.05) is 0 Å². The fourth-order valence-corrected chi connectivity index (χ4v) is 2.46. The first-order valence-corrected chi connectivity index (χ1v) is 6.67.